The zero-order chi connectivity index (χ0) is 18.3. The summed E-state index contributed by atoms with van der Waals surface area (Å²) in [7, 11) is 2.95. The number of ketones is 3. The molecule has 0 atom stereocenters. The van der Waals surface area contributed by atoms with Gasteiger partial charge < -0.3 is 13.9 Å². The fourth-order valence-corrected chi connectivity index (χ4v) is 2.98. The molecule has 2 aromatic rings. The average molecular weight is 361 g/mol. The maximum absolute atomic E-state index is 12.9. The van der Waals surface area contributed by atoms with Gasteiger partial charge in [-0.1, -0.05) is 11.6 Å². The molecule has 0 unspecified atom stereocenters. The summed E-state index contributed by atoms with van der Waals surface area (Å²) < 4.78 is 15.7. The molecule has 1 heterocycles. The van der Waals surface area contributed by atoms with Gasteiger partial charge in [0.1, 0.15) is 6.26 Å². The van der Waals surface area contributed by atoms with E-state index in [2.05, 4.69) is 0 Å². The molecule has 0 radical (unpaired) electrons. The summed E-state index contributed by atoms with van der Waals surface area (Å²) in [5.41, 5.74) is 0.814. The van der Waals surface area contributed by atoms with E-state index in [4.69, 9.17) is 25.5 Å². The Labute approximate surface area is 148 Å². The van der Waals surface area contributed by atoms with Crippen LogP contribution in [0.2, 0.25) is 0 Å². The fraction of sp³-hybridized carbons (Fsp3) is 0.167. The molecular formula is C18H13ClO6. The first-order valence-electron chi connectivity index (χ1n) is 7.24. The molecule has 0 spiro atoms. The van der Waals surface area contributed by atoms with Crippen LogP contribution in [-0.2, 0) is 4.79 Å². The molecule has 0 N–H and O–H groups in total. The van der Waals surface area contributed by atoms with Crippen molar-refractivity contribution in [1.82, 2.24) is 0 Å². The van der Waals surface area contributed by atoms with Gasteiger partial charge in [-0.25, -0.2) is 0 Å². The number of hydrogen-bond acceptors (Lipinski definition) is 6. The van der Waals surface area contributed by atoms with Crippen LogP contribution in [0.4, 0.5) is 0 Å². The lowest BCUT2D eigenvalue weighted by Crippen LogP contribution is -2.19. The molecule has 7 heteroatoms. The first-order valence-corrected chi connectivity index (χ1v) is 7.61. The molecule has 128 valence electrons. The number of aryl methyl sites for hydroxylation is 1. The maximum atomic E-state index is 12.9. The lowest BCUT2D eigenvalue weighted by Gasteiger charge is -2.12. The van der Waals surface area contributed by atoms with Gasteiger partial charge in [-0.05, 0) is 24.6 Å². The Morgan fingerprint density at radius 3 is 2.52 bits per heavy atom. The van der Waals surface area contributed by atoms with Crippen molar-refractivity contribution in [2.24, 2.45) is 0 Å². The molecule has 1 aromatic heterocycles. The van der Waals surface area contributed by atoms with Gasteiger partial charge >= 0.3 is 0 Å². The highest BCUT2D eigenvalue weighted by molar-refractivity contribution is 6.60. The summed E-state index contributed by atoms with van der Waals surface area (Å²) >= 11 is 5.93. The van der Waals surface area contributed by atoms with E-state index in [1.54, 1.807) is 13.0 Å². The summed E-state index contributed by atoms with van der Waals surface area (Å²) in [4.78, 5) is 36.8. The van der Waals surface area contributed by atoms with Crippen LogP contribution in [0.25, 0.3) is 5.03 Å². The second kappa shape index (κ2) is 6.22. The predicted octanol–water partition coefficient (Wildman–Crippen LogP) is 3.18. The quantitative estimate of drug-likeness (QED) is 0.615. The number of ether oxygens (including phenoxy) is 2. The summed E-state index contributed by atoms with van der Waals surface area (Å²) in [6.45, 7) is 1.76. The van der Waals surface area contributed by atoms with E-state index in [1.165, 1.54) is 20.3 Å². The largest absolute Gasteiger partial charge is 0.493 e. The number of furan rings is 1. The Morgan fingerprint density at radius 1 is 1.16 bits per heavy atom. The van der Waals surface area contributed by atoms with Crippen molar-refractivity contribution in [2.75, 3.05) is 14.2 Å². The molecule has 0 saturated carbocycles. The third-order valence-electron chi connectivity index (χ3n) is 3.89. The van der Waals surface area contributed by atoms with E-state index in [0.717, 1.165) is 12.3 Å². The second-order valence-corrected chi connectivity index (χ2v) is 5.80. The number of halogens is 1. The van der Waals surface area contributed by atoms with Crippen molar-refractivity contribution in [2.45, 2.75) is 6.92 Å². The van der Waals surface area contributed by atoms with E-state index in [9.17, 15) is 14.4 Å². The van der Waals surface area contributed by atoms with Crippen LogP contribution in [0, 0.1) is 6.92 Å². The molecule has 1 aromatic carbocycles. The Hall–Kier alpha value is -2.86. The monoisotopic (exact) mass is 360 g/mol. The molecule has 0 bridgehead atoms. The zero-order valence-corrected chi connectivity index (χ0v) is 14.4. The number of rotatable bonds is 4. The Balaban J connectivity index is 2.13. The van der Waals surface area contributed by atoms with Crippen LogP contribution in [-0.4, -0.2) is 31.6 Å². The number of Topliss-reactive ketones (excluding diaryl/α,β-unsaturated/α-hetero) is 1. The Bertz CT molecular complexity index is 951. The SMILES string of the molecule is COc1cc(C(=O)c2coc3c2C(=O)C(=O)C=C3Cl)cc(C)c1OC. The first kappa shape index (κ1) is 17.0. The van der Waals surface area contributed by atoms with Gasteiger partial charge in [0.05, 0.1) is 30.4 Å². The molecule has 1 aliphatic carbocycles. The van der Waals surface area contributed by atoms with Crippen molar-refractivity contribution >= 4 is 34.0 Å². The van der Waals surface area contributed by atoms with Crippen LogP contribution in [0.5, 0.6) is 11.5 Å². The number of carbonyl (C=O) groups is 3. The van der Waals surface area contributed by atoms with Crippen LogP contribution in [0.3, 0.4) is 0 Å². The van der Waals surface area contributed by atoms with Crippen LogP contribution >= 0.6 is 11.6 Å². The van der Waals surface area contributed by atoms with E-state index in [0.29, 0.717) is 17.1 Å². The van der Waals surface area contributed by atoms with E-state index in [-0.39, 0.29) is 27.5 Å². The van der Waals surface area contributed by atoms with E-state index in [1.807, 2.05) is 0 Å². The minimum absolute atomic E-state index is 0.0119. The summed E-state index contributed by atoms with van der Waals surface area (Å²) in [5, 5.41) is -0.0119. The predicted molar refractivity (Wildman–Crippen MR) is 89.6 cm³/mol. The first-order chi connectivity index (χ1) is 11.9. The van der Waals surface area contributed by atoms with Crippen LogP contribution in [0.15, 0.2) is 28.9 Å². The number of hydrogen-bond donors (Lipinski definition) is 0. The Kier molecular flexibility index (Phi) is 4.22. The highest BCUT2D eigenvalue weighted by Gasteiger charge is 2.34. The highest BCUT2D eigenvalue weighted by atomic mass is 35.5. The topological polar surface area (TPSA) is 82.8 Å². The lowest BCUT2D eigenvalue weighted by molar-refractivity contribution is -0.111. The summed E-state index contributed by atoms with van der Waals surface area (Å²) in [5.74, 6) is -1.20. The normalized spacial score (nSPS) is 13.4. The van der Waals surface area contributed by atoms with Crippen molar-refractivity contribution in [3.05, 3.63) is 52.5 Å². The molecule has 0 saturated heterocycles. The van der Waals surface area contributed by atoms with Gasteiger partial charge in [0, 0.05) is 11.6 Å². The molecule has 0 aliphatic heterocycles. The number of benzene rings is 1. The van der Waals surface area contributed by atoms with Crippen molar-refractivity contribution in [1.29, 1.82) is 0 Å². The van der Waals surface area contributed by atoms with Crippen LogP contribution < -0.4 is 9.47 Å². The standard InChI is InChI=1S/C18H13ClO6/c1-8-4-9(5-13(23-2)17(8)24-3)15(21)10-7-25-18-11(19)6-12(20)16(22)14(10)18/h4-7H,1-3H3. The van der Waals surface area contributed by atoms with Gasteiger partial charge in [-0.3, -0.25) is 14.4 Å². The van der Waals surface area contributed by atoms with Gasteiger partial charge in [0.2, 0.25) is 11.6 Å². The maximum Gasteiger partial charge on any atom is 0.237 e. The molecular weight excluding hydrogens is 348 g/mol. The van der Waals surface area contributed by atoms with Crippen molar-refractivity contribution in [3.63, 3.8) is 0 Å². The molecule has 6 nitrogen and oxygen atoms in total. The van der Waals surface area contributed by atoms with Gasteiger partial charge in [0.25, 0.3) is 0 Å². The minimum atomic E-state index is -0.825. The van der Waals surface area contributed by atoms with Crippen LogP contribution in [0.1, 0.15) is 37.6 Å². The third kappa shape index (κ3) is 2.64. The lowest BCUT2D eigenvalue weighted by atomic mass is 9.93. The van der Waals surface area contributed by atoms with E-state index >= 15 is 0 Å². The van der Waals surface area contributed by atoms with Crippen molar-refractivity contribution < 1.29 is 28.3 Å². The van der Waals surface area contributed by atoms with Gasteiger partial charge in [-0.15, -0.1) is 0 Å². The second-order valence-electron chi connectivity index (χ2n) is 5.40. The third-order valence-corrected chi connectivity index (χ3v) is 4.17. The smallest absolute Gasteiger partial charge is 0.237 e. The van der Waals surface area contributed by atoms with E-state index < -0.39 is 17.3 Å². The number of allylic oxidation sites excluding steroid dienone is 1. The zero-order valence-electron chi connectivity index (χ0n) is 13.6. The molecule has 25 heavy (non-hydrogen) atoms. The summed E-state index contributed by atoms with van der Waals surface area (Å²) in [6.07, 6.45) is 2.11. The minimum Gasteiger partial charge on any atom is -0.493 e. The fourth-order valence-electron chi connectivity index (χ4n) is 2.74. The van der Waals surface area contributed by atoms with Gasteiger partial charge in [-0.2, -0.15) is 0 Å². The summed E-state index contributed by atoms with van der Waals surface area (Å²) in [6, 6.07) is 3.11. The Morgan fingerprint density at radius 2 is 1.88 bits per heavy atom. The number of methoxy groups -OCH3 is 2. The molecule has 3 rings (SSSR count). The number of fused-ring (bicyclic) bond motifs is 1. The number of carbonyl (C=O) groups excluding carboxylic acids is 3. The van der Waals surface area contributed by atoms with Gasteiger partial charge in [0.15, 0.2) is 23.0 Å². The molecule has 0 fully saturated rings. The highest BCUT2D eigenvalue weighted by Crippen LogP contribution is 2.35. The average Bonchev–Trinajstić information content (AvgIpc) is 3.04. The van der Waals surface area contributed by atoms with Crippen molar-refractivity contribution in [3.8, 4) is 11.5 Å². The molecule has 0 amide bonds. The molecule has 1 aliphatic rings.